The number of phenolic OH excluding ortho intramolecular Hbond substituents is 1. The molecule has 6 atom stereocenters. The minimum Gasteiger partial charge on any atom is -0.502 e. The van der Waals surface area contributed by atoms with Crippen molar-refractivity contribution in [2.75, 3.05) is 26.2 Å². The number of amides is 4. The van der Waals surface area contributed by atoms with E-state index in [9.17, 15) is 24.3 Å². The molecule has 0 spiro atoms. The summed E-state index contributed by atoms with van der Waals surface area (Å²) >= 11 is 14.3. The maximum atomic E-state index is 13.9. The van der Waals surface area contributed by atoms with E-state index < -0.39 is 45.2 Å². The van der Waals surface area contributed by atoms with Crippen LogP contribution in [0.4, 0.5) is 5.69 Å². The fourth-order valence-corrected chi connectivity index (χ4v) is 8.02. The largest absolute Gasteiger partial charge is 0.502 e. The predicted octanol–water partition coefficient (Wildman–Crippen LogP) is 4.15. The highest BCUT2D eigenvalue weighted by atomic mass is 35.5. The van der Waals surface area contributed by atoms with Crippen molar-refractivity contribution in [1.29, 1.82) is 0 Å². The molecule has 218 valence electrons. The molecule has 2 heterocycles. The Morgan fingerprint density at radius 3 is 2.21 bits per heavy atom. The number of alkyl halides is 2. The molecule has 2 aliphatic heterocycles. The number of para-hydroxylation sites is 1. The van der Waals surface area contributed by atoms with Crippen molar-refractivity contribution in [3.63, 3.8) is 0 Å². The fourth-order valence-electron chi connectivity index (χ4n) is 7.04. The number of rotatable bonds is 5. The molecular weight excluding hydrogens is 583 g/mol. The van der Waals surface area contributed by atoms with E-state index in [2.05, 4.69) is 0 Å². The van der Waals surface area contributed by atoms with E-state index in [0.29, 0.717) is 16.8 Å². The number of halogens is 2. The lowest BCUT2D eigenvalue weighted by Crippen LogP contribution is -2.60. The number of ether oxygens (including phenoxy) is 2. The second kappa shape index (κ2) is 9.88. The second-order valence-corrected chi connectivity index (χ2v) is 12.3. The maximum absolute atomic E-state index is 13.9. The summed E-state index contributed by atoms with van der Waals surface area (Å²) in [7, 11) is 4.16. The van der Waals surface area contributed by atoms with Gasteiger partial charge in [-0.15, -0.1) is 23.2 Å². The summed E-state index contributed by atoms with van der Waals surface area (Å²) in [4.78, 5) is 53.0. The van der Waals surface area contributed by atoms with Crippen molar-refractivity contribution in [2.45, 2.75) is 22.6 Å². The van der Waals surface area contributed by atoms with Gasteiger partial charge in [-0.25, -0.2) is 0 Å². The van der Waals surface area contributed by atoms with Crippen molar-refractivity contribution in [1.82, 2.24) is 4.90 Å². The summed E-state index contributed by atoms with van der Waals surface area (Å²) in [5.74, 6) is -4.69. The molecule has 1 saturated carbocycles. The van der Waals surface area contributed by atoms with Gasteiger partial charge < -0.3 is 14.6 Å². The van der Waals surface area contributed by atoms with E-state index >= 15 is 0 Å². The van der Waals surface area contributed by atoms with Gasteiger partial charge >= 0.3 is 0 Å². The molecule has 0 radical (unpaired) electrons. The normalized spacial score (nSPS) is 32.2. The quantitative estimate of drug-likeness (QED) is 0.307. The third-order valence-electron chi connectivity index (χ3n) is 9.07. The van der Waals surface area contributed by atoms with Crippen LogP contribution in [0, 0.1) is 23.7 Å². The second-order valence-electron chi connectivity index (χ2n) is 11.0. The van der Waals surface area contributed by atoms with Crippen LogP contribution in [-0.2, 0) is 19.2 Å². The van der Waals surface area contributed by atoms with E-state index in [0.717, 1.165) is 4.90 Å². The topological polar surface area (TPSA) is 113 Å². The van der Waals surface area contributed by atoms with E-state index in [1.165, 1.54) is 26.2 Å². The van der Waals surface area contributed by atoms with Crippen molar-refractivity contribution in [3.8, 4) is 17.2 Å². The Hall–Kier alpha value is -3.82. The van der Waals surface area contributed by atoms with E-state index in [-0.39, 0.29) is 41.9 Å². The van der Waals surface area contributed by atoms with Gasteiger partial charge in [0, 0.05) is 13.0 Å². The van der Waals surface area contributed by atoms with E-state index in [1.807, 2.05) is 6.08 Å². The number of fused-ring (bicyclic) bond motifs is 4. The number of methoxy groups -OCH3 is 2. The number of carbonyl (C=O) groups excluding carboxylic acids is 4. The molecule has 3 fully saturated rings. The number of hydrogen-bond acceptors (Lipinski definition) is 7. The summed E-state index contributed by atoms with van der Waals surface area (Å²) in [5, 5.41) is 10.3. The molecular formula is C31H28Cl2N2O7. The molecule has 4 aliphatic rings. The van der Waals surface area contributed by atoms with Crippen LogP contribution in [0.3, 0.4) is 0 Å². The van der Waals surface area contributed by atoms with Crippen LogP contribution in [0.15, 0.2) is 60.2 Å². The lowest BCUT2D eigenvalue weighted by Gasteiger charge is -2.49. The molecule has 6 rings (SSSR count). The Kier molecular flexibility index (Phi) is 6.66. The molecule has 4 amide bonds. The van der Waals surface area contributed by atoms with Crippen molar-refractivity contribution < 1.29 is 33.8 Å². The number of phenols is 1. The number of anilines is 1. The zero-order valence-corrected chi connectivity index (χ0v) is 24.6. The molecule has 0 bridgehead atoms. The van der Waals surface area contributed by atoms with Crippen LogP contribution >= 0.6 is 23.2 Å². The predicted molar refractivity (Wildman–Crippen MR) is 155 cm³/mol. The van der Waals surface area contributed by atoms with Gasteiger partial charge in [-0.05, 0) is 48.6 Å². The van der Waals surface area contributed by atoms with Crippen molar-refractivity contribution in [3.05, 3.63) is 65.8 Å². The molecule has 9 nitrogen and oxygen atoms in total. The maximum Gasteiger partial charge on any atom is 0.253 e. The average Bonchev–Trinajstić information content (AvgIpc) is 3.32. The summed E-state index contributed by atoms with van der Waals surface area (Å²) in [6.45, 7) is 0. The Bertz CT molecular complexity index is 1570. The third kappa shape index (κ3) is 3.69. The molecule has 0 aromatic heterocycles. The lowest BCUT2D eigenvalue weighted by atomic mass is 9.57. The van der Waals surface area contributed by atoms with E-state index in [1.54, 1.807) is 54.6 Å². The molecule has 1 N–H and O–H groups in total. The Balaban J connectivity index is 1.47. The summed E-state index contributed by atoms with van der Waals surface area (Å²) in [5.41, 5.74) is 1.72. The zero-order chi connectivity index (χ0) is 30.1. The fraction of sp³-hybridized carbons (Fsp3) is 0.355. The Labute approximate surface area is 252 Å². The molecule has 42 heavy (non-hydrogen) atoms. The van der Waals surface area contributed by atoms with Gasteiger partial charge in [0.15, 0.2) is 21.2 Å². The molecule has 6 unspecified atom stereocenters. The highest BCUT2D eigenvalue weighted by molar-refractivity contribution is 6.53. The minimum atomic E-state index is -1.87. The number of aromatic hydroxyl groups is 1. The van der Waals surface area contributed by atoms with Crippen molar-refractivity contribution >= 4 is 58.6 Å². The molecule has 2 aromatic carbocycles. The molecule has 2 saturated heterocycles. The first-order chi connectivity index (χ1) is 20.0. The van der Waals surface area contributed by atoms with Gasteiger partial charge in [-0.3, -0.25) is 29.0 Å². The summed E-state index contributed by atoms with van der Waals surface area (Å²) in [6, 6.07) is 11.9. The Morgan fingerprint density at radius 2 is 1.60 bits per heavy atom. The lowest BCUT2D eigenvalue weighted by molar-refractivity contribution is -0.138. The van der Waals surface area contributed by atoms with Crippen LogP contribution in [-0.4, -0.2) is 64.7 Å². The highest BCUT2D eigenvalue weighted by Gasteiger charge is 2.75. The summed E-state index contributed by atoms with van der Waals surface area (Å²) in [6.07, 6.45) is 5.44. The number of hydrogen-bond donors (Lipinski definition) is 1. The monoisotopic (exact) mass is 610 g/mol. The molecule has 11 heteroatoms. The van der Waals surface area contributed by atoms with Crippen LogP contribution in [0.1, 0.15) is 18.4 Å². The average molecular weight is 611 g/mol. The number of imide groups is 2. The number of nitrogens with zero attached hydrogens (tertiary/aromatic N) is 2. The van der Waals surface area contributed by atoms with Gasteiger partial charge in [0.05, 0.1) is 31.7 Å². The third-order valence-corrected chi connectivity index (χ3v) is 10.5. The SMILES string of the molecule is COc1cc(C=CC2C3=CCC4C(=O)N(c5ccccc5)C(=O)C4C3CC3(Cl)C(=O)N(C)C(=O)C23Cl)cc(OC)c1O. The first-order valence-corrected chi connectivity index (χ1v) is 14.2. The van der Waals surface area contributed by atoms with Gasteiger partial charge in [0.1, 0.15) is 0 Å². The minimum absolute atomic E-state index is 0.0766. The first-order valence-electron chi connectivity index (χ1n) is 13.5. The first kappa shape index (κ1) is 28.3. The number of likely N-dealkylation sites (tertiary alicyclic amines) is 1. The summed E-state index contributed by atoms with van der Waals surface area (Å²) < 4.78 is 10.5. The van der Waals surface area contributed by atoms with Crippen LogP contribution < -0.4 is 14.4 Å². The highest BCUT2D eigenvalue weighted by Crippen LogP contribution is 2.63. The standard InChI is InChI=1S/C31H28Cl2N2O7/c1-34-28(39)30(32)15-20-18(10-11-19-24(20)27(38)35(26(19)37)17-7-5-4-6-8-17)21(31(30,33)29(34)40)12-9-16-13-22(41-2)25(36)23(14-16)42-3/h4-10,12-14,19-21,24,36H,11,15H2,1-3H3. The molecule has 2 aromatic rings. The zero-order valence-electron chi connectivity index (χ0n) is 23.0. The molecule has 2 aliphatic carbocycles. The number of carbonyl (C=O) groups is 4. The Morgan fingerprint density at radius 1 is 0.952 bits per heavy atom. The van der Waals surface area contributed by atoms with Crippen molar-refractivity contribution in [2.24, 2.45) is 23.7 Å². The number of allylic oxidation sites excluding steroid dienone is 3. The smallest absolute Gasteiger partial charge is 0.253 e. The van der Waals surface area contributed by atoms with Gasteiger partial charge in [-0.2, -0.15) is 0 Å². The van der Waals surface area contributed by atoms with E-state index in [4.69, 9.17) is 32.7 Å². The van der Waals surface area contributed by atoms with Crippen LogP contribution in [0.25, 0.3) is 6.08 Å². The van der Waals surface area contributed by atoms with Gasteiger partial charge in [-0.1, -0.05) is 42.0 Å². The van der Waals surface area contributed by atoms with Gasteiger partial charge in [0.25, 0.3) is 11.8 Å². The van der Waals surface area contributed by atoms with Crippen LogP contribution in [0.2, 0.25) is 0 Å². The number of benzene rings is 2. The van der Waals surface area contributed by atoms with Crippen LogP contribution in [0.5, 0.6) is 17.2 Å². The van der Waals surface area contributed by atoms with Gasteiger partial charge in [0.2, 0.25) is 17.6 Å².